The number of alkyl carbamates (subject to hydrolysis) is 1. The molecule has 0 aliphatic heterocycles. The summed E-state index contributed by atoms with van der Waals surface area (Å²) < 4.78 is 11.3. The Kier molecular flexibility index (Phi) is 7.58. The molecule has 0 aliphatic carbocycles. The van der Waals surface area contributed by atoms with Crippen molar-refractivity contribution in [1.82, 2.24) is 15.1 Å². The van der Waals surface area contributed by atoms with Gasteiger partial charge in [0.15, 0.2) is 12.1 Å². The van der Waals surface area contributed by atoms with Crippen LogP contribution in [-0.4, -0.2) is 40.0 Å². The van der Waals surface area contributed by atoms with E-state index in [0.29, 0.717) is 6.42 Å². The molecule has 2 aromatic carbocycles. The van der Waals surface area contributed by atoms with Crippen molar-refractivity contribution in [3.63, 3.8) is 0 Å². The topological polar surface area (TPSA) is 120 Å². The number of nitrogens with one attached hydrogen (secondary N) is 1. The molecule has 3 aromatic rings. The van der Waals surface area contributed by atoms with Crippen LogP contribution in [0.3, 0.4) is 0 Å². The molecule has 0 aliphatic rings. The van der Waals surface area contributed by atoms with Crippen LogP contribution in [0.15, 0.2) is 72.9 Å². The van der Waals surface area contributed by atoms with E-state index in [2.05, 4.69) is 10.4 Å². The van der Waals surface area contributed by atoms with Gasteiger partial charge in [-0.3, -0.25) is 4.68 Å². The van der Waals surface area contributed by atoms with E-state index in [9.17, 15) is 19.5 Å². The largest absolute Gasteiger partial charge is 0.479 e. The van der Waals surface area contributed by atoms with Crippen molar-refractivity contribution >= 4 is 18.0 Å². The third-order valence-electron chi connectivity index (χ3n) is 4.71. The SMILES string of the molecule is COC(=O)[C@H](Cc1ccccc1)n1ccc([C@@H](NC(=O)OCc2ccccc2)C(=O)O)n1. The lowest BCUT2D eigenvalue weighted by Gasteiger charge is -2.16. The van der Waals surface area contributed by atoms with Crippen LogP contribution in [0, 0.1) is 0 Å². The van der Waals surface area contributed by atoms with Crippen molar-refractivity contribution in [2.75, 3.05) is 7.11 Å². The predicted octanol–water partition coefficient (Wildman–Crippen LogP) is 2.89. The lowest BCUT2D eigenvalue weighted by Crippen LogP contribution is -2.34. The fourth-order valence-electron chi connectivity index (χ4n) is 3.08. The van der Waals surface area contributed by atoms with Crippen LogP contribution in [0.5, 0.6) is 0 Å². The average Bonchev–Trinajstić information content (AvgIpc) is 3.29. The van der Waals surface area contributed by atoms with Gasteiger partial charge in [0, 0.05) is 12.6 Å². The number of nitrogens with zero attached hydrogens (tertiary/aromatic N) is 2. The maximum absolute atomic E-state index is 12.3. The van der Waals surface area contributed by atoms with Gasteiger partial charge in [-0.2, -0.15) is 5.10 Å². The van der Waals surface area contributed by atoms with Crippen molar-refractivity contribution in [2.24, 2.45) is 0 Å². The number of methoxy groups -OCH3 is 1. The van der Waals surface area contributed by atoms with Crippen LogP contribution in [0.2, 0.25) is 0 Å². The van der Waals surface area contributed by atoms with E-state index < -0.39 is 30.1 Å². The van der Waals surface area contributed by atoms with Gasteiger partial charge in [-0.25, -0.2) is 14.4 Å². The molecule has 0 saturated heterocycles. The summed E-state index contributed by atoms with van der Waals surface area (Å²) in [5, 5.41) is 16.1. The number of amides is 1. The molecule has 2 atom stereocenters. The van der Waals surface area contributed by atoms with Gasteiger partial charge in [0.25, 0.3) is 0 Å². The fraction of sp³-hybridized carbons (Fsp3) is 0.217. The number of carbonyl (C=O) groups is 3. The van der Waals surface area contributed by atoms with Crippen LogP contribution in [0.25, 0.3) is 0 Å². The number of carboxylic acid groups (broad SMARTS) is 1. The standard InChI is InChI=1S/C23H23N3O6/c1-31-22(29)19(14-16-8-4-2-5-9-16)26-13-12-18(25-26)20(21(27)28)24-23(30)32-15-17-10-6-3-7-11-17/h2-13,19-20H,14-15H2,1H3,(H,24,30)(H,27,28)/t19-,20+/m0/s1. The third kappa shape index (κ3) is 5.94. The Labute approximate surface area is 184 Å². The van der Waals surface area contributed by atoms with Crippen LogP contribution in [-0.2, 0) is 32.1 Å². The Hall–Kier alpha value is -4.14. The van der Waals surface area contributed by atoms with Crippen LogP contribution in [0.1, 0.15) is 28.9 Å². The van der Waals surface area contributed by atoms with Crippen molar-refractivity contribution in [1.29, 1.82) is 0 Å². The number of hydrogen-bond donors (Lipinski definition) is 2. The lowest BCUT2D eigenvalue weighted by molar-refractivity contribution is -0.144. The van der Waals surface area contributed by atoms with Gasteiger partial charge in [-0.1, -0.05) is 60.7 Å². The highest BCUT2D eigenvalue weighted by Gasteiger charge is 2.28. The maximum Gasteiger partial charge on any atom is 0.408 e. The molecule has 1 amide bonds. The molecular weight excluding hydrogens is 414 g/mol. The normalized spacial score (nSPS) is 12.4. The highest BCUT2D eigenvalue weighted by molar-refractivity contribution is 5.81. The number of aliphatic carboxylic acids is 1. The first-order valence-electron chi connectivity index (χ1n) is 9.84. The Bertz CT molecular complexity index is 1050. The molecule has 9 heteroatoms. The molecule has 9 nitrogen and oxygen atoms in total. The van der Waals surface area contributed by atoms with Crippen molar-refractivity contribution in [2.45, 2.75) is 25.1 Å². The number of hydrogen-bond acceptors (Lipinski definition) is 6. The second kappa shape index (κ2) is 10.8. The minimum Gasteiger partial charge on any atom is -0.479 e. The van der Waals surface area contributed by atoms with E-state index in [1.54, 1.807) is 24.3 Å². The summed E-state index contributed by atoms with van der Waals surface area (Å²) in [7, 11) is 1.27. The molecule has 2 N–H and O–H groups in total. The molecular formula is C23H23N3O6. The summed E-state index contributed by atoms with van der Waals surface area (Å²) in [6.07, 6.45) is 0.885. The van der Waals surface area contributed by atoms with E-state index in [0.717, 1.165) is 11.1 Å². The Balaban J connectivity index is 1.72. The number of ether oxygens (including phenoxy) is 2. The molecule has 0 radical (unpaired) electrons. The van der Waals surface area contributed by atoms with E-state index in [1.807, 2.05) is 36.4 Å². The van der Waals surface area contributed by atoms with E-state index >= 15 is 0 Å². The Morgan fingerprint density at radius 2 is 1.62 bits per heavy atom. The summed E-state index contributed by atoms with van der Waals surface area (Å²) in [6, 6.07) is 17.5. The third-order valence-corrected chi connectivity index (χ3v) is 4.71. The zero-order valence-electron chi connectivity index (χ0n) is 17.4. The fourth-order valence-corrected chi connectivity index (χ4v) is 3.08. The van der Waals surface area contributed by atoms with Crippen molar-refractivity contribution < 1.29 is 29.0 Å². The van der Waals surface area contributed by atoms with Gasteiger partial charge in [0.2, 0.25) is 0 Å². The lowest BCUT2D eigenvalue weighted by atomic mass is 10.1. The molecule has 1 aromatic heterocycles. The summed E-state index contributed by atoms with van der Waals surface area (Å²) >= 11 is 0. The highest BCUT2D eigenvalue weighted by atomic mass is 16.5. The average molecular weight is 437 g/mol. The minimum absolute atomic E-state index is 0.00502. The molecule has 0 unspecified atom stereocenters. The molecule has 0 saturated carbocycles. The first kappa shape index (κ1) is 22.5. The Morgan fingerprint density at radius 3 is 2.22 bits per heavy atom. The highest BCUT2D eigenvalue weighted by Crippen LogP contribution is 2.19. The van der Waals surface area contributed by atoms with Gasteiger partial charge in [0.1, 0.15) is 6.61 Å². The number of rotatable bonds is 9. The van der Waals surface area contributed by atoms with Crippen molar-refractivity contribution in [3.05, 3.63) is 89.7 Å². The quantitative estimate of drug-likeness (QED) is 0.494. The minimum atomic E-state index is -1.45. The number of aromatic nitrogens is 2. The summed E-state index contributed by atoms with van der Waals surface area (Å²) in [6.45, 7) is -0.00502. The predicted molar refractivity (Wildman–Crippen MR) is 114 cm³/mol. The van der Waals surface area contributed by atoms with Gasteiger partial charge in [0.05, 0.1) is 12.8 Å². The van der Waals surface area contributed by atoms with Crippen LogP contribution in [0.4, 0.5) is 4.79 Å². The van der Waals surface area contributed by atoms with E-state index in [-0.39, 0.29) is 12.3 Å². The smallest absolute Gasteiger partial charge is 0.408 e. The summed E-state index contributed by atoms with van der Waals surface area (Å²) in [4.78, 5) is 36.2. The van der Waals surface area contributed by atoms with Gasteiger partial charge < -0.3 is 19.9 Å². The van der Waals surface area contributed by atoms with Gasteiger partial charge in [-0.05, 0) is 17.2 Å². The first-order valence-corrected chi connectivity index (χ1v) is 9.84. The molecule has 3 rings (SSSR count). The number of benzene rings is 2. The molecule has 0 spiro atoms. The second-order valence-electron chi connectivity index (χ2n) is 6.93. The molecule has 0 fully saturated rings. The van der Waals surface area contributed by atoms with E-state index in [1.165, 1.54) is 24.1 Å². The zero-order valence-corrected chi connectivity index (χ0v) is 17.4. The van der Waals surface area contributed by atoms with Crippen LogP contribution < -0.4 is 5.32 Å². The molecule has 32 heavy (non-hydrogen) atoms. The van der Waals surface area contributed by atoms with Crippen molar-refractivity contribution in [3.8, 4) is 0 Å². The zero-order chi connectivity index (χ0) is 22.9. The molecule has 166 valence electrons. The number of carbonyl (C=O) groups excluding carboxylic acids is 2. The van der Waals surface area contributed by atoms with Crippen LogP contribution >= 0.6 is 0 Å². The summed E-state index contributed by atoms with van der Waals surface area (Å²) in [5.41, 5.74) is 1.70. The monoisotopic (exact) mass is 437 g/mol. The molecule has 1 heterocycles. The maximum atomic E-state index is 12.3. The molecule has 0 bridgehead atoms. The number of esters is 1. The van der Waals surface area contributed by atoms with Gasteiger partial charge in [-0.15, -0.1) is 0 Å². The first-order chi connectivity index (χ1) is 15.5. The van der Waals surface area contributed by atoms with E-state index in [4.69, 9.17) is 9.47 Å². The van der Waals surface area contributed by atoms with Gasteiger partial charge >= 0.3 is 18.0 Å². The summed E-state index contributed by atoms with van der Waals surface area (Å²) in [5.74, 6) is -1.84. The second-order valence-corrected chi connectivity index (χ2v) is 6.93. The number of carboxylic acids is 1. The Morgan fingerprint density at radius 1 is 1.00 bits per heavy atom.